The monoisotopic (exact) mass is 429 g/mol. The summed E-state index contributed by atoms with van der Waals surface area (Å²) in [5.74, 6) is 3.57. The van der Waals surface area contributed by atoms with E-state index < -0.39 is 0 Å². The highest BCUT2D eigenvalue weighted by Crippen LogP contribution is 2.68. The van der Waals surface area contributed by atoms with Gasteiger partial charge in [-0.1, -0.05) is 25.5 Å². The molecule has 5 heteroatoms. The fourth-order valence-corrected chi connectivity index (χ4v) is 8.96. The third kappa shape index (κ3) is 3.06. The molecular formula is C25H35NO3S. The standard InChI is InChI=1S/C25H35NO3S/c1-15(27)29-17-9-11-24(2)16(13-17)5-6-18-19-7-8-21(23-26-22(28-4)14-30-23)25(19,3)12-10-20(18)24/h5,14,17-21H,6-13H2,1-4H3. The molecule has 0 amide bonds. The number of hydrogen-bond acceptors (Lipinski definition) is 5. The first kappa shape index (κ1) is 20.5. The zero-order chi connectivity index (χ0) is 21.1. The summed E-state index contributed by atoms with van der Waals surface area (Å²) in [6.45, 7) is 6.61. The average molecular weight is 430 g/mol. The first-order valence-corrected chi connectivity index (χ1v) is 12.6. The topological polar surface area (TPSA) is 48.4 Å². The molecule has 4 nitrogen and oxygen atoms in total. The third-order valence-electron chi connectivity index (χ3n) is 9.40. The van der Waals surface area contributed by atoms with Crippen LogP contribution in [-0.2, 0) is 9.53 Å². The number of nitrogens with zero attached hydrogens (tertiary/aromatic N) is 1. The Morgan fingerprint density at radius 1 is 1.17 bits per heavy atom. The number of allylic oxidation sites excluding steroid dienone is 1. The quantitative estimate of drug-likeness (QED) is 0.428. The molecule has 0 spiro atoms. The molecule has 1 heterocycles. The number of hydrogen-bond donors (Lipinski definition) is 0. The van der Waals surface area contributed by atoms with Crippen LogP contribution in [0.3, 0.4) is 0 Å². The fourth-order valence-electron chi connectivity index (χ4n) is 7.89. The van der Waals surface area contributed by atoms with Gasteiger partial charge in [0.15, 0.2) is 0 Å². The molecule has 0 bridgehead atoms. The van der Waals surface area contributed by atoms with Gasteiger partial charge in [0.25, 0.3) is 0 Å². The maximum atomic E-state index is 11.5. The van der Waals surface area contributed by atoms with Crippen LogP contribution in [0.4, 0.5) is 0 Å². The molecule has 1 aromatic heterocycles. The summed E-state index contributed by atoms with van der Waals surface area (Å²) in [6.07, 6.45) is 12.2. The van der Waals surface area contributed by atoms with E-state index in [0.29, 0.717) is 16.7 Å². The lowest BCUT2D eigenvalue weighted by molar-refractivity contribution is -0.148. The van der Waals surface area contributed by atoms with Gasteiger partial charge in [0, 0.05) is 19.3 Å². The second-order valence-corrected chi connectivity index (χ2v) is 11.5. The van der Waals surface area contributed by atoms with E-state index in [1.165, 1.54) is 44.0 Å². The molecule has 1 aromatic rings. The summed E-state index contributed by atoms with van der Waals surface area (Å²) in [4.78, 5) is 16.3. The highest BCUT2D eigenvalue weighted by molar-refractivity contribution is 7.09. The Balaban J connectivity index is 1.39. The van der Waals surface area contributed by atoms with Gasteiger partial charge in [0.1, 0.15) is 11.1 Å². The Bertz CT molecular complexity index is 862. The van der Waals surface area contributed by atoms with Crippen LogP contribution in [0.25, 0.3) is 0 Å². The first-order valence-electron chi connectivity index (χ1n) is 11.7. The number of carbonyl (C=O) groups excluding carboxylic acids is 1. The van der Waals surface area contributed by atoms with Crippen molar-refractivity contribution < 1.29 is 14.3 Å². The largest absolute Gasteiger partial charge is 0.480 e. The number of carbonyl (C=O) groups is 1. The van der Waals surface area contributed by atoms with Gasteiger partial charge in [-0.2, -0.15) is 0 Å². The van der Waals surface area contributed by atoms with Crippen molar-refractivity contribution in [1.82, 2.24) is 4.98 Å². The Morgan fingerprint density at radius 3 is 2.73 bits per heavy atom. The molecule has 0 aliphatic heterocycles. The van der Waals surface area contributed by atoms with E-state index in [9.17, 15) is 4.79 Å². The predicted octanol–water partition coefficient (Wildman–Crippen LogP) is 6.13. The zero-order valence-electron chi connectivity index (χ0n) is 18.8. The average Bonchev–Trinajstić information content (AvgIpc) is 3.31. The second kappa shape index (κ2) is 7.36. The molecule has 7 unspecified atom stereocenters. The number of ether oxygens (including phenoxy) is 2. The fraction of sp³-hybridized carbons (Fsp3) is 0.760. The maximum Gasteiger partial charge on any atom is 0.302 e. The summed E-state index contributed by atoms with van der Waals surface area (Å²) >= 11 is 1.79. The van der Waals surface area contributed by atoms with E-state index >= 15 is 0 Å². The normalized spacial score (nSPS) is 42.5. The molecule has 0 radical (unpaired) electrons. The lowest BCUT2D eigenvalue weighted by Gasteiger charge is -2.58. The molecule has 4 aliphatic rings. The minimum atomic E-state index is -0.137. The molecular weight excluding hydrogens is 394 g/mol. The van der Waals surface area contributed by atoms with Crippen molar-refractivity contribution in [2.24, 2.45) is 28.6 Å². The summed E-state index contributed by atoms with van der Waals surface area (Å²) in [6, 6.07) is 0. The molecule has 30 heavy (non-hydrogen) atoms. The van der Waals surface area contributed by atoms with Crippen LogP contribution >= 0.6 is 11.3 Å². The first-order chi connectivity index (χ1) is 14.3. The van der Waals surface area contributed by atoms with Gasteiger partial charge in [-0.15, -0.1) is 11.3 Å². The van der Waals surface area contributed by atoms with Crippen molar-refractivity contribution in [2.45, 2.75) is 84.2 Å². The van der Waals surface area contributed by atoms with Crippen molar-refractivity contribution >= 4 is 17.3 Å². The number of methoxy groups -OCH3 is 1. The van der Waals surface area contributed by atoms with E-state index in [4.69, 9.17) is 14.5 Å². The molecule has 0 saturated heterocycles. The van der Waals surface area contributed by atoms with Gasteiger partial charge in [-0.3, -0.25) is 4.79 Å². The summed E-state index contributed by atoms with van der Waals surface area (Å²) in [5, 5.41) is 3.35. The van der Waals surface area contributed by atoms with Gasteiger partial charge in [0.05, 0.1) is 12.5 Å². The minimum absolute atomic E-state index is 0.0861. The molecule has 3 fully saturated rings. The second-order valence-electron chi connectivity index (χ2n) is 10.6. The van der Waals surface area contributed by atoms with Gasteiger partial charge in [-0.05, 0) is 73.5 Å². The Hall–Kier alpha value is -1.36. The number of aromatic nitrogens is 1. The van der Waals surface area contributed by atoms with Gasteiger partial charge >= 0.3 is 5.97 Å². The molecule has 0 N–H and O–H groups in total. The maximum absolute atomic E-state index is 11.5. The molecule has 4 aliphatic carbocycles. The Kier molecular flexibility index (Phi) is 5.04. The highest BCUT2D eigenvalue weighted by Gasteiger charge is 2.59. The predicted molar refractivity (Wildman–Crippen MR) is 119 cm³/mol. The lowest BCUT2D eigenvalue weighted by atomic mass is 9.47. The third-order valence-corrected chi connectivity index (χ3v) is 10.3. The van der Waals surface area contributed by atoms with Crippen LogP contribution in [0.15, 0.2) is 17.0 Å². The van der Waals surface area contributed by atoms with Crippen molar-refractivity contribution in [3.8, 4) is 5.88 Å². The zero-order valence-corrected chi connectivity index (χ0v) is 19.6. The minimum Gasteiger partial charge on any atom is -0.480 e. The lowest BCUT2D eigenvalue weighted by Crippen LogP contribution is -2.50. The smallest absolute Gasteiger partial charge is 0.302 e. The summed E-state index contributed by atoms with van der Waals surface area (Å²) in [7, 11) is 1.71. The van der Waals surface area contributed by atoms with Gasteiger partial charge in [0.2, 0.25) is 5.88 Å². The van der Waals surface area contributed by atoms with Crippen LogP contribution in [0.2, 0.25) is 0 Å². The van der Waals surface area contributed by atoms with E-state index in [1.807, 2.05) is 0 Å². The Labute approximate surface area is 184 Å². The molecule has 0 aromatic carbocycles. The SMILES string of the molecule is COc1csc(C2CCC3C4CC=C5CC(OC(C)=O)CCC5(C)C4CCC23C)n1. The van der Waals surface area contributed by atoms with Gasteiger partial charge < -0.3 is 9.47 Å². The van der Waals surface area contributed by atoms with Crippen molar-refractivity contribution in [1.29, 1.82) is 0 Å². The van der Waals surface area contributed by atoms with Gasteiger partial charge in [-0.25, -0.2) is 4.98 Å². The highest BCUT2D eigenvalue weighted by atomic mass is 32.1. The number of thiazole rings is 1. The summed E-state index contributed by atoms with van der Waals surface area (Å²) in [5.41, 5.74) is 2.23. The van der Waals surface area contributed by atoms with E-state index in [2.05, 4.69) is 25.3 Å². The molecule has 5 rings (SSSR count). The number of esters is 1. The van der Waals surface area contributed by atoms with Crippen LogP contribution in [-0.4, -0.2) is 24.2 Å². The summed E-state index contributed by atoms with van der Waals surface area (Å²) < 4.78 is 11.0. The Morgan fingerprint density at radius 2 is 2.00 bits per heavy atom. The van der Waals surface area contributed by atoms with E-state index in [-0.39, 0.29) is 12.1 Å². The number of rotatable bonds is 3. The van der Waals surface area contributed by atoms with Crippen LogP contribution in [0.1, 0.15) is 83.1 Å². The molecule has 7 atom stereocenters. The number of fused-ring (bicyclic) bond motifs is 5. The van der Waals surface area contributed by atoms with Crippen LogP contribution in [0, 0.1) is 28.6 Å². The van der Waals surface area contributed by atoms with Crippen molar-refractivity contribution in [3.63, 3.8) is 0 Å². The van der Waals surface area contributed by atoms with Crippen LogP contribution < -0.4 is 4.74 Å². The molecule has 164 valence electrons. The molecule has 3 saturated carbocycles. The van der Waals surface area contributed by atoms with Crippen molar-refractivity contribution in [3.05, 3.63) is 22.0 Å². The van der Waals surface area contributed by atoms with E-state index in [1.54, 1.807) is 24.0 Å². The van der Waals surface area contributed by atoms with Crippen LogP contribution in [0.5, 0.6) is 5.88 Å². The van der Waals surface area contributed by atoms with E-state index in [0.717, 1.165) is 42.9 Å². The van der Waals surface area contributed by atoms with Crippen molar-refractivity contribution in [2.75, 3.05) is 7.11 Å².